The number of para-hydroxylation sites is 1. The molecule has 0 unspecified atom stereocenters. The van der Waals surface area contributed by atoms with Crippen LogP contribution in [0.25, 0.3) is 22.0 Å². The standard InChI is InChI=1S/C16H13N3OS/c17-11-5-6-14-13(8-11)18-15(20-14)9-21-16-7-10-3-1-2-4-12(10)19-16/h1-8,19H,9,17H2. The number of oxazole rings is 1. The number of anilines is 1. The fraction of sp³-hybridized carbons (Fsp3) is 0.0625. The maximum atomic E-state index is 5.75. The smallest absolute Gasteiger partial charge is 0.205 e. The molecule has 0 fully saturated rings. The Morgan fingerprint density at radius 1 is 1.14 bits per heavy atom. The number of aromatic amines is 1. The van der Waals surface area contributed by atoms with Gasteiger partial charge in [0.1, 0.15) is 5.52 Å². The summed E-state index contributed by atoms with van der Waals surface area (Å²) in [5, 5.41) is 2.32. The maximum absolute atomic E-state index is 5.75. The van der Waals surface area contributed by atoms with Gasteiger partial charge in [-0.15, -0.1) is 0 Å². The summed E-state index contributed by atoms with van der Waals surface area (Å²) in [6.45, 7) is 0. The van der Waals surface area contributed by atoms with Crippen molar-refractivity contribution >= 4 is 39.5 Å². The van der Waals surface area contributed by atoms with Crippen LogP contribution in [0.5, 0.6) is 0 Å². The first-order chi connectivity index (χ1) is 10.3. The van der Waals surface area contributed by atoms with E-state index < -0.39 is 0 Å². The Morgan fingerprint density at radius 3 is 2.95 bits per heavy atom. The molecule has 5 heteroatoms. The van der Waals surface area contributed by atoms with Crippen molar-refractivity contribution in [3.8, 4) is 0 Å². The molecule has 4 aromatic rings. The molecule has 4 rings (SSSR count). The second-order valence-electron chi connectivity index (χ2n) is 4.84. The zero-order valence-electron chi connectivity index (χ0n) is 11.2. The Balaban J connectivity index is 1.57. The summed E-state index contributed by atoms with van der Waals surface area (Å²) in [7, 11) is 0. The van der Waals surface area contributed by atoms with Crippen molar-refractivity contribution in [3.63, 3.8) is 0 Å². The number of hydrogen-bond donors (Lipinski definition) is 2. The zero-order valence-corrected chi connectivity index (χ0v) is 12.0. The molecule has 2 aromatic heterocycles. The molecule has 4 nitrogen and oxygen atoms in total. The van der Waals surface area contributed by atoms with E-state index in [1.54, 1.807) is 11.8 Å². The molecule has 0 amide bonds. The minimum atomic E-state index is 0.682. The van der Waals surface area contributed by atoms with Gasteiger partial charge in [-0.2, -0.15) is 0 Å². The number of benzene rings is 2. The van der Waals surface area contributed by atoms with Gasteiger partial charge < -0.3 is 15.1 Å². The highest BCUT2D eigenvalue weighted by Crippen LogP contribution is 2.27. The third-order valence-electron chi connectivity index (χ3n) is 3.31. The van der Waals surface area contributed by atoms with Crippen LogP contribution in [-0.2, 0) is 5.75 Å². The molecule has 0 spiro atoms. The van der Waals surface area contributed by atoms with Crippen LogP contribution >= 0.6 is 11.8 Å². The number of hydrogen-bond acceptors (Lipinski definition) is 4. The summed E-state index contributed by atoms with van der Waals surface area (Å²) in [6, 6.07) is 15.9. The van der Waals surface area contributed by atoms with Crippen LogP contribution in [0, 0.1) is 0 Å². The van der Waals surface area contributed by atoms with Crippen molar-refractivity contribution in [1.82, 2.24) is 9.97 Å². The number of fused-ring (bicyclic) bond motifs is 2. The largest absolute Gasteiger partial charge is 0.440 e. The van der Waals surface area contributed by atoms with Crippen molar-refractivity contribution in [2.75, 3.05) is 5.73 Å². The van der Waals surface area contributed by atoms with Crippen molar-refractivity contribution in [2.45, 2.75) is 10.8 Å². The van der Waals surface area contributed by atoms with Gasteiger partial charge in [0.25, 0.3) is 0 Å². The van der Waals surface area contributed by atoms with E-state index in [-0.39, 0.29) is 0 Å². The highest BCUT2D eigenvalue weighted by atomic mass is 32.2. The molecular formula is C16H13N3OS. The van der Waals surface area contributed by atoms with Crippen LogP contribution in [0.1, 0.15) is 5.89 Å². The van der Waals surface area contributed by atoms with E-state index in [0.717, 1.165) is 21.6 Å². The molecule has 3 N–H and O–H groups in total. The second kappa shape index (κ2) is 4.86. The lowest BCUT2D eigenvalue weighted by Crippen LogP contribution is -1.82. The van der Waals surface area contributed by atoms with Gasteiger partial charge in [-0.25, -0.2) is 4.98 Å². The Labute approximate surface area is 125 Å². The van der Waals surface area contributed by atoms with Crippen molar-refractivity contribution in [2.24, 2.45) is 0 Å². The van der Waals surface area contributed by atoms with Crippen LogP contribution < -0.4 is 5.73 Å². The topological polar surface area (TPSA) is 67.8 Å². The van der Waals surface area contributed by atoms with Crippen LogP contribution in [0.2, 0.25) is 0 Å². The van der Waals surface area contributed by atoms with Gasteiger partial charge in [0.05, 0.1) is 10.8 Å². The third-order valence-corrected chi connectivity index (χ3v) is 4.23. The molecule has 0 aliphatic rings. The highest BCUT2D eigenvalue weighted by Gasteiger charge is 2.08. The Hall–Kier alpha value is -2.40. The van der Waals surface area contributed by atoms with E-state index in [9.17, 15) is 0 Å². The number of aromatic nitrogens is 2. The van der Waals surface area contributed by atoms with E-state index in [1.165, 1.54) is 5.39 Å². The number of rotatable bonds is 3. The number of nitrogen functional groups attached to an aromatic ring is 1. The average Bonchev–Trinajstić information content (AvgIpc) is 3.07. The van der Waals surface area contributed by atoms with Gasteiger partial charge in [-0.3, -0.25) is 0 Å². The first kappa shape index (κ1) is 12.3. The van der Waals surface area contributed by atoms with E-state index >= 15 is 0 Å². The van der Waals surface area contributed by atoms with Crippen molar-refractivity contribution in [3.05, 3.63) is 54.4 Å². The van der Waals surface area contributed by atoms with E-state index in [1.807, 2.05) is 30.3 Å². The SMILES string of the molecule is Nc1ccc2oc(CSc3cc4ccccc4[nH]3)nc2c1. The fourth-order valence-corrected chi connectivity index (χ4v) is 3.11. The predicted molar refractivity (Wildman–Crippen MR) is 86.3 cm³/mol. The molecule has 0 atom stereocenters. The Kier molecular flexibility index (Phi) is 2.86. The molecule has 0 radical (unpaired) electrons. The fourth-order valence-electron chi connectivity index (χ4n) is 2.32. The molecule has 104 valence electrons. The quantitative estimate of drug-likeness (QED) is 0.439. The summed E-state index contributed by atoms with van der Waals surface area (Å²) in [4.78, 5) is 7.84. The lowest BCUT2D eigenvalue weighted by Gasteiger charge is -1.93. The molecule has 2 heterocycles. The molecule has 2 aromatic carbocycles. The van der Waals surface area contributed by atoms with Gasteiger partial charge in [-0.1, -0.05) is 30.0 Å². The Bertz CT molecular complexity index is 892. The molecule has 0 saturated heterocycles. The summed E-state index contributed by atoms with van der Waals surface area (Å²) in [5.41, 5.74) is 9.17. The number of thioether (sulfide) groups is 1. The minimum absolute atomic E-state index is 0.682. The number of nitrogens with one attached hydrogen (secondary N) is 1. The van der Waals surface area contributed by atoms with Crippen molar-refractivity contribution in [1.29, 1.82) is 0 Å². The van der Waals surface area contributed by atoms with Crippen LogP contribution in [0.15, 0.2) is 58.0 Å². The molecule has 0 aliphatic carbocycles. The van der Waals surface area contributed by atoms with Gasteiger partial charge in [0, 0.05) is 16.6 Å². The first-order valence-corrected chi connectivity index (χ1v) is 7.62. The molecule has 0 aliphatic heterocycles. The summed E-state index contributed by atoms with van der Waals surface area (Å²) < 4.78 is 5.72. The van der Waals surface area contributed by atoms with Gasteiger partial charge in [0.15, 0.2) is 5.58 Å². The monoisotopic (exact) mass is 295 g/mol. The van der Waals surface area contributed by atoms with Crippen LogP contribution in [0.3, 0.4) is 0 Å². The second-order valence-corrected chi connectivity index (χ2v) is 5.86. The highest BCUT2D eigenvalue weighted by molar-refractivity contribution is 7.98. The number of H-pyrrole nitrogens is 1. The summed E-state index contributed by atoms with van der Waals surface area (Å²) in [5.74, 6) is 1.39. The van der Waals surface area contributed by atoms with Gasteiger partial charge >= 0.3 is 0 Å². The van der Waals surface area contributed by atoms with Crippen LogP contribution in [-0.4, -0.2) is 9.97 Å². The minimum Gasteiger partial charge on any atom is -0.440 e. The molecular weight excluding hydrogens is 282 g/mol. The van der Waals surface area contributed by atoms with E-state index in [4.69, 9.17) is 10.2 Å². The zero-order chi connectivity index (χ0) is 14.2. The number of nitrogens with two attached hydrogens (primary N) is 1. The van der Waals surface area contributed by atoms with Crippen LogP contribution in [0.4, 0.5) is 5.69 Å². The lowest BCUT2D eigenvalue weighted by atomic mass is 10.3. The lowest BCUT2D eigenvalue weighted by molar-refractivity contribution is 0.556. The Morgan fingerprint density at radius 2 is 2.05 bits per heavy atom. The number of nitrogens with zero attached hydrogens (tertiary/aromatic N) is 1. The summed E-state index contributed by atoms with van der Waals surface area (Å²) in [6.07, 6.45) is 0. The van der Waals surface area contributed by atoms with Crippen molar-refractivity contribution < 1.29 is 4.42 Å². The van der Waals surface area contributed by atoms with Gasteiger partial charge in [-0.05, 0) is 30.3 Å². The van der Waals surface area contributed by atoms with E-state index in [2.05, 4.69) is 28.2 Å². The average molecular weight is 295 g/mol. The first-order valence-electron chi connectivity index (χ1n) is 6.63. The normalized spacial score (nSPS) is 11.4. The maximum Gasteiger partial charge on any atom is 0.205 e. The molecule has 0 bridgehead atoms. The molecule has 0 saturated carbocycles. The molecule has 21 heavy (non-hydrogen) atoms. The predicted octanol–water partition coefficient (Wildman–Crippen LogP) is 4.18. The summed E-state index contributed by atoms with van der Waals surface area (Å²) >= 11 is 1.68. The van der Waals surface area contributed by atoms with Gasteiger partial charge in [0.2, 0.25) is 5.89 Å². The van der Waals surface area contributed by atoms with E-state index in [0.29, 0.717) is 17.3 Å². The third kappa shape index (κ3) is 2.36.